The number of benzene rings is 14. The number of rotatable bonds is 3. The molecule has 0 saturated heterocycles. The van der Waals surface area contributed by atoms with Crippen LogP contribution in [0, 0.1) is 0 Å². The van der Waals surface area contributed by atoms with Crippen molar-refractivity contribution < 1.29 is 0 Å². The second-order valence-corrected chi connectivity index (χ2v) is 26.6. The molecule has 8 heterocycles. The summed E-state index contributed by atoms with van der Waals surface area (Å²) in [6, 6.07) is 99.9. The highest BCUT2D eigenvalue weighted by Crippen LogP contribution is 2.54. The van der Waals surface area contributed by atoms with Crippen molar-refractivity contribution in [1.82, 2.24) is 8.96 Å². The smallest absolute Gasteiger partial charge is 0.333 e. The van der Waals surface area contributed by atoms with Crippen molar-refractivity contribution in [3.63, 3.8) is 0 Å². The van der Waals surface area contributed by atoms with Crippen LogP contribution in [-0.4, -0.2) is 22.7 Å². The number of hydrogen-bond donors (Lipinski definition) is 0. The molecule has 0 saturated carbocycles. The lowest BCUT2D eigenvalue weighted by molar-refractivity contribution is 1.27. The highest BCUT2D eigenvalue weighted by atomic mass is 32.1. The Morgan fingerprint density at radius 3 is 1.49 bits per heavy atom. The Kier molecular flexibility index (Phi) is 8.83. The van der Waals surface area contributed by atoms with Gasteiger partial charge in [-0.25, -0.2) is 0 Å². The summed E-state index contributed by atoms with van der Waals surface area (Å²) in [5, 5.41) is 20.0. The molecule has 14 aromatic carbocycles. The normalized spacial score (nSPS) is 13.6. The Hall–Kier alpha value is -10.6. The molecule has 8 heteroatoms. The molecule has 0 amide bonds. The zero-order valence-electron chi connectivity index (χ0n) is 47.2. The lowest BCUT2D eigenvalue weighted by atomic mass is 9.44. The summed E-state index contributed by atoms with van der Waals surface area (Å²) in [6.45, 7) is -0.171. The van der Waals surface area contributed by atoms with Gasteiger partial charge < -0.3 is 18.8 Å². The Morgan fingerprint density at radius 1 is 0.307 bits per heavy atom. The van der Waals surface area contributed by atoms with E-state index in [-0.39, 0.29) is 13.7 Å². The molecule has 4 aromatic heterocycles. The van der Waals surface area contributed by atoms with Crippen LogP contribution in [0.4, 0.5) is 34.1 Å². The summed E-state index contributed by atoms with van der Waals surface area (Å²) in [4.78, 5) is 6.51. The molecule has 4 aliphatic rings. The standard InChI is InChI=1S/C80H44B2N4S2/c1-3-16-48-40-53(32-27-45(48)13-1)83-68-35-30-47-15-5-6-18-55(47)72(68)81-74-64(62-24-12-22-60-58-20-7-9-25-66(58)85(81)77(60)62)43-71-65(78(74)83)44-70(88-71)51-29-34-56-50(39-51)31-36-69-73(56)82-75-63(61-23-11-21-59-57-19-8-10-26-67(57)86(82)76(59)61)42-52-37-38-87-80(52)79(75)84(69)54-33-28-46-14-2-4-17-49(46)41-54/h1-44H. The van der Waals surface area contributed by atoms with Gasteiger partial charge in [-0.3, -0.25) is 0 Å². The fourth-order valence-corrected chi connectivity index (χ4v) is 19.0. The number of aromatic nitrogens is 2. The quantitative estimate of drug-likeness (QED) is 0.164. The van der Waals surface area contributed by atoms with E-state index in [0.717, 1.165) is 5.69 Å². The first-order chi connectivity index (χ1) is 43.7. The molecule has 0 unspecified atom stereocenters. The third kappa shape index (κ3) is 5.83. The first-order valence-electron chi connectivity index (χ1n) is 30.5. The molecule has 22 rings (SSSR count). The molecule has 0 N–H and O–H groups in total. The molecular formula is C80H44B2N4S2. The van der Waals surface area contributed by atoms with Gasteiger partial charge in [0.25, 0.3) is 0 Å². The number of para-hydroxylation sites is 4. The SMILES string of the molecule is c1ccc2cc(N3c4ccc5ccccc5c4B4c5c(cc6sc(-c7ccc8c9c(ccc8c7)N(c7ccc8ccccc8c7)c7c8c(cc%10ccsc7%10)-c7cccc%10c%11ccccc%11n(c7%10)B89)cc6c53)-c3cccc5c6ccccc6n4c35)ccc2c1. The zero-order chi connectivity index (χ0) is 56.8. The van der Waals surface area contributed by atoms with Crippen LogP contribution in [0.5, 0.6) is 0 Å². The van der Waals surface area contributed by atoms with E-state index in [0.29, 0.717) is 0 Å². The first-order valence-corrected chi connectivity index (χ1v) is 32.2. The van der Waals surface area contributed by atoms with Gasteiger partial charge in [-0.05, 0) is 171 Å². The van der Waals surface area contributed by atoms with E-state index >= 15 is 0 Å². The molecule has 4 nitrogen and oxygen atoms in total. The Balaban J connectivity index is 0.813. The van der Waals surface area contributed by atoms with E-state index in [9.17, 15) is 0 Å². The molecule has 4 aliphatic heterocycles. The van der Waals surface area contributed by atoms with Crippen LogP contribution < -0.4 is 31.7 Å². The monoisotopic (exact) mass is 1150 g/mol. The number of thiophene rings is 2. The highest BCUT2D eigenvalue weighted by Gasteiger charge is 2.47. The topological polar surface area (TPSA) is 16.3 Å². The van der Waals surface area contributed by atoms with Crippen molar-refractivity contribution in [2.45, 2.75) is 0 Å². The zero-order valence-corrected chi connectivity index (χ0v) is 48.8. The Morgan fingerprint density at radius 2 is 0.830 bits per heavy atom. The van der Waals surface area contributed by atoms with Gasteiger partial charge in [0.1, 0.15) is 0 Å². The van der Waals surface area contributed by atoms with E-state index in [1.807, 2.05) is 22.7 Å². The predicted octanol–water partition coefficient (Wildman–Crippen LogP) is 19.4. The van der Waals surface area contributed by atoms with Crippen LogP contribution in [0.3, 0.4) is 0 Å². The minimum Gasteiger partial charge on any atom is -0.375 e. The summed E-state index contributed by atoms with van der Waals surface area (Å²) in [6.07, 6.45) is 0. The van der Waals surface area contributed by atoms with Crippen molar-refractivity contribution in [2.24, 2.45) is 0 Å². The maximum Gasteiger partial charge on any atom is 0.333 e. The minimum atomic E-state index is -0.0883. The van der Waals surface area contributed by atoms with Gasteiger partial charge in [-0.2, -0.15) is 0 Å². The predicted molar refractivity (Wildman–Crippen MR) is 380 cm³/mol. The Bertz CT molecular complexity index is 6260. The van der Waals surface area contributed by atoms with Crippen LogP contribution >= 0.6 is 22.7 Å². The average Bonchev–Trinajstić information content (AvgIpc) is 1.35. The van der Waals surface area contributed by atoms with E-state index in [1.54, 1.807) is 0 Å². The van der Waals surface area contributed by atoms with Crippen molar-refractivity contribution in [2.75, 3.05) is 9.80 Å². The third-order valence-corrected chi connectivity index (χ3v) is 22.5. The largest absolute Gasteiger partial charge is 0.375 e. The molecule has 18 aromatic rings. The molecule has 0 aliphatic carbocycles. The average molecular weight is 1150 g/mol. The summed E-state index contributed by atoms with van der Waals surface area (Å²) in [7, 11) is 0. The minimum absolute atomic E-state index is 0.0826. The van der Waals surface area contributed by atoms with E-state index in [1.165, 1.54) is 190 Å². The second kappa shape index (κ2) is 16.7. The van der Waals surface area contributed by atoms with Crippen LogP contribution in [0.15, 0.2) is 266 Å². The van der Waals surface area contributed by atoms with E-state index in [4.69, 9.17) is 0 Å². The summed E-state index contributed by atoms with van der Waals surface area (Å²) >= 11 is 3.79. The Labute approximate surface area is 513 Å². The highest BCUT2D eigenvalue weighted by molar-refractivity contribution is 7.22. The second-order valence-electron chi connectivity index (χ2n) is 24.6. The van der Waals surface area contributed by atoms with Crippen molar-refractivity contribution >= 4 is 199 Å². The lowest BCUT2D eigenvalue weighted by Crippen LogP contribution is -2.57. The van der Waals surface area contributed by atoms with Crippen LogP contribution in [0.1, 0.15) is 0 Å². The van der Waals surface area contributed by atoms with E-state index in [2.05, 4.69) is 285 Å². The van der Waals surface area contributed by atoms with Crippen molar-refractivity contribution in [3.05, 3.63) is 266 Å². The fourth-order valence-electron chi connectivity index (χ4n) is 16.9. The summed E-state index contributed by atoms with van der Waals surface area (Å²) < 4.78 is 8.01. The van der Waals surface area contributed by atoms with Crippen LogP contribution in [-0.2, 0) is 0 Å². The van der Waals surface area contributed by atoms with Gasteiger partial charge >= 0.3 is 13.7 Å². The van der Waals surface area contributed by atoms with Crippen LogP contribution in [0.25, 0.3) is 140 Å². The first kappa shape index (κ1) is 46.6. The van der Waals surface area contributed by atoms with Gasteiger partial charge in [0.15, 0.2) is 0 Å². The number of anilines is 6. The van der Waals surface area contributed by atoms with Crippen molar-refractivity contribution in [3.8, 4) is 32.7 Å². The molecule has 0 spiro atoms. The molecule has 0 bridgehead atoms. The number of nitrogens with zero attached hydrogens (tertiary/aromatic N) is 4. The maximum absolute atomic E-state index is 2.71. The number of hydrogen-bond acceptors (Lipinski definition) is 4. The molecule has 0 radical (unpaired) electrons. The molecule has 0 fully saturated rings. The molecular weight excluding hydrogens is 1100 g/mol. The van der Waals surface area contributed by atoms with E-state index < -0.39 is 0 Å². The van der Waals surface area contributed by atoms with Gasteiger partial charge in [-0.1, -0.05) is 182 Å². The van der Waals surface area contributed by atoms with Crippen molar-refractivity contribution in [1.29, 1.82) is 0 Å². The number of fused-ring (bicyclic) bond motifs is 24. The summed E-state index contributed by atoms with van der Waals surface area (Å²) in [5.74, 6) is 0. The van der Waals surface area contributed by atoms with Gasteiger partial charge in [-0.15, -0.1) is 22.7 Å². The maximum atomic E-state index is 2.71. The fraction of sp³-hybridized carbons (Fsp3) is 0. The van der Waals surface area contributed by atoms with Gasteiger partial charge in [0.2, 0.25) is 0 Å². The molecule has 0 atom stereocenters. The van der Waals surface area contributed by atoms with Gasteiger partial charge in [0.05, 0.1) is 16.1 Å². The lowest BCUT2D eigenvalue weighted by Gasteiger charge is -2.41. The third-order valence-electron chi connectivity index (χ3n) is 20.4. The molecule has 88 heavy (non-hydrogen) atoms. The van der Waals surface area contributed by atoms with Crippen LogP contribution in [0.2, 0.25) is 0 Å². The van der Waals surface area contributed by atoms with Gasteiger partial charge in [0, 0.05) is 92.5 Å². The summed E-state index contributed by atoms with van der Waals surface area (Å²) in [5.41, 5.74) is 24.3. The molecule has 402 valence electrons.